The van der Waals surface area contributed by atoms with Gasteiger partial charge in [0.15, 0.2) is 0 Å². The van der Waals surface area contributed by atoms with Gasteiger partial charge in [-0.1, -0.05) is 43.0 Å². The summed E-state index contributed by atoms with van der Waals surface area (Å²) in [5, 5.41) is 4.05. The maximum absolute atomic E-state index is 13.2. The number of amides is 1. The molecule has 2 aliphatic rings. The van der Waals surface area contributed by atoms with Crippen molar-refractivity contribution < 1.29 is 4.79 Å². The van der Waals surface area contributed by atoms with Gasteiger partial charge < -0.3 is 10.2 Å². The van der Waals surface area contributed by atoms with Crippen LogP contribution in [-0.4, -0.2) is 37.0 Å². The molecular formula is C18H25ClN2O. The molecule has 1 aliphatic heterocycles. The van der Waals surface area contributed by atoms with Gasteiger partial charge in [0, 0.05) is 31.2 Å². The fraction of sp³-hybridized carbons (Fsp3) is 0.611. The van der Waals surface area contributed by atoms with Crippen molar-refractivity contribution in [3.05, 3.63) is 34.9 Å². The van der Waals surface area contributed by atoms with Crippen LogP contribution in [0, 0.1) is 5.92 Å². The van der Waals surface area contributed by atoms with Crippen molar-refractivity contribution in [1.82, 2.24) is 10.2 Å². The third-order valence-corrected chi connectivity index (χ3v) is 5.26. The number of carbonyl (C=O) groups excluding carboxylic acids is 1. The molecule has 1 aromatic carbocycles. The number of hydrogen-bond acceptors (Lipinski definition) is 2. The van der Waals surface area contributed by atoms with Gasteiger partial charge in [0.25, 0.3) is 0 Å². The van der Waals surface area contributed by atoms with Crippen LogP contribution in [0.25, 0.3) is 0 Å². The SMILES string of the molecule is O=C(C(c1cccc(Cl)c1)C1CCCCC1)N1CCNCC1. The van der Waals surface area contributed by atoms with Crippen LogP contribution in [-0.2, 0) is 4.79 Å². The first-order valence-electron chi connectivity index (χ1n) is 8.50. The standard InChI is InChI=1S/C18H25ClN2O/c19-16-8-4-7-15(13-16)17(14-5-2-1-3-6-14)18(22)21-11-9-20-10-12-21/h4,7-8,13-14,17,20H,1-3,5-6,9-12H2. The van der Waals surface area contributed by atoms with E-state index in [4.69, 9.17) is 11.6 Å². The molecule has 3 rings (SSSR count). The first kappa shape index (κ1) is 15.8. The average Bonchev–Trinajstić information content (AvgIpc) is 2.57. The summed E-state index contributed by atoms with van der Waals surface area (Å²) in [6, 6.07) is 7.92. The van der Waals surface area contributed by atoms with Gasteiger partial charge in [-0.2, -0.15) is 0 Å². The van der Waals surface area contributed by atoms with E-state index in [0.29, 0.717) is 11.8 Å². The van der Waals surface area contributed by atoms with Crippen LogP contribution < -0.4 is 5.32 Å². The van der Waals surface area contributed by atoms with Gasteiger partial charge in [0.05, 0.1) is 5.92 Å². The quantitative estimate of drug-likeness (QED) is 0.925. The van der Waals surface area contributed by atoms with E-state index in [9.17, 15) is 4.79 Å². The Morgan fingerprint density at radius 3 is 2.59 bits per heavy atom. The topological polar surface area (TPSA) is 32.3 Å². The number of carbonyl (C=O) groups is 1. The summed E-state index contributed by atoms with van der Waals surface area (Å²) in [5.41, 5.74) is 1.10. The van der Waals surface area contributed by atoms with Crippen molar-refractivity contribution >= 4 is 17.5 Å². The van der Waals surface area contributed by atoms with Crippen molar-refractivity contribution in [3.8, 4) is 0 Å². The average molecular weight is 321 g/mol. The van der Waals surface area contributed by atoms with Crippen molar-refractivity contribution in [2.45, 2.75) is 38.0 Å². The summed E-state index contributed by atoms with van der Waals surface area (Å²) in [6.45, 7) is 3.45. The molecule has 1 N–H and O–H groups in total. The molecule has 4 heteroatoms. The number of benzene rings is 1. The molecule has 1 unspecified atom stereocenters. The first-order valence-corrected chi connectivity index (χ1v) is 8.88. The van der Waals surface area contributed by atoms with Crippen molar-refractivity contribution in [2.24, 2.45) is 5.92 Å². The minimum atomic E-state index is -0.0166. The van der Waals surface area contributed by atoms with E-state index >= 15 is 0 Å². The van der Waals surface area contributed by atoms with Crippen LogP contribution in [0.1, 0.15) is 43.6 Å². The zero-order valence-electron chi connectivity index (χ0n) is 13.1. The van der Waals surface area contributed by atoms with Gasteiger partial charge in [-0.05, 0) is 36.5 Å². The molecule has 1 saturated carbocycles. The van der Waals surface area contributed by atoms with Gasteiger partial charge in [0.2, 0.25) is 5.91 Å². The predicted molar refractivity (Wildman–Crippen MR) is 90.2 cm³/mol. The minimum Gasteiger partial charge on any atom is -0.340 e. The highest BCUT2D eigenvalue weighted by Crippen LogP contribution is 2.38. The zero-order chi connectivity index (χ0) is 15.4. The van der Waals surface area contributed by atoms with E-state index < -0.39 is 0 Å². The molecule has 1 saturated heterocycles. The summed E-state index contributed by atoms with van der Waals surface area (Å²) < 4.78 is 0. The fourth-order valence-corrected chi connectivity index (χ4v) is 4.06. The fourth-order valence-electron chi connectivity index (χ4n) is 3.87. The number of nitrogens with one attached hydrogen (secondary N) is 1. The number of hydrogen-bond donors (Lipinski definition) is 1. The molecule has 22 heavy (non-hydrogen) atoms. The third kappa shape index (κ3) is 3.64. The van der Waals surface area contributed by atoms with E-state index in [2.05, 4.69) is 11.4 Å². The number of nitrogens with zero attached hydrogens (tertiary/aromatic N) is 1. The maximum atomic E-state index is 13.2. The van der Waals surface area contributed by atoms with Crippen LogP contribution in [0.5, 0.6) is 0 Å². The lowest BCUT2D eigenvalue weighted by molar-refractivity contribution is -0.135. The number of halogens is 1. The number of piperazine rings is 1. The largest absolute Gasteiger partial charge is 0.340 e. The Balaban J connectivity index is 1.86. The molecule has 0 spiro atoms. The van der Waals surface area contributed by atoms with Gasteiger partial charge in [-0.25, -0.2) is 0 Å². The normalized spacial score (nSPS) is 21.6. The smallest absolute Gasteiger partial charge is 0.230 e. The lowest BCUT2D eigenvalue weighted by Gasteiger charge is -2.36. The molecule has 0 aromatic heterocycles. The first-order chi connectivity index (χ1) is 10.8. The molecule has 2 fully saturated rings. The van der Waals surface area contributed by atoms with Crippen LogP contribution >= 0.6 is 11.6 Å². The summed E-state index contributed by atoms with van der Waals surface area (Å²) in [6.07, 6.45) is 6.12. The second-order valence-electron chi connectivity index (χ2n) is 6.51. The van der Waals surface area contributed by atoms with E-state index in [-0.39, 0.29) is 5.92 Å². The van der Waals surface area contributed by atoms with Crippen LogP contribution in [0.2, 0.25) is 5.02 Å². The lowest BCUT2D eigenvalue weighted by atomic mass is 9.76. The van der Waals surface area contributed by atoms with Crippen LogP contribution in [0.3, 0.4) is 0 Å². The molecule has 1 amide bonds. The van der Waals surface area contributed by atoms with E-state index in [1.54, 1.807) is 0 Å². The van der Waals surface area contributed by atoms with Gasteiger partial charge >= 0.3 is 0 Å². The monoisotopic (exact) mass is 320 g/mol. The molecule has 0 radical (unpaired) electrons. The Morgan fingerprint density at radius 2 is 1.91 bits per heavy atom. The molecule has 1 aromatic rings. The predicted octanol–water partition coefficient (Wildman–Crippen LogP) is 3.44. The zero-order valence-corrected chi connectivity index (χ0v) is 13.8. The Labute approximate surface area is 138 Å². The molecule has 0 bridgehead atoms. The summed E-state index contributed by atoms with van der Waals surface area (Å²) >= 11 is 6.18. The third-order valence-electron chi connectivity index (χ3n) is 5.02. The van der Waals surface area contributed by atoms with Crippen molar-refractivity contribution in [2.75, 3.05) is 26.2 Å². The lowest BCUT2D eigenvalue weighted by Crippen LogP contribution is -2.49. The Morgan fingerprint density at radius 1 is 1.18 bits per heavy atom. The highest BCUT2D eigenvalue weighted by atomic mass is 35.5. The highest BCUT2D eigenvalue weighted by molar-refractivity contribution is 6.30. The molecule has 1 aliphatic carbocycles. The molecular weight excluding hydrogens is 296 g/mol. The van der Waals surface area contributed by atoms with Crippen molar-refractivity contribution in [3.63, 3.8) is 0 Å². The van der Waals surface area contributed by atoms with Crippen LogP contribution in [0.4, 0.5) is 0 Å². The van der Waals surface area contributed by atoms with Gasteiger partial charge in [-0.15, -0.1) is 0 Å². The second kappa shape index (κ2) is 7.47. The summed E-state index contributed by atoms with van der Waals surface area (Å²) in [4.78, 5) is 15.2. The molecule has 3 nitrogen and oxygen atoms in total. The summed E-state index contributed by atoms with van der Waals surface area (Å²) in [5.74, 6) is 0.752. The maximum Gasteiger partial charge on any atom is 0.230 e. The van der Waals surface area contributed by atoms with Gasteiger partial charge in [0.1, 0.15) is 0 Å². The molecule has 120 valence electrons. The number of rotatable bonds is 3. The Kier molecular flexibility index (Phi) is 5.37. The highest BCUT2D eigenvalue weighted by Gasteiger charge is 2.34. The van der Waals surface area contributed by atoms with Crippen LogP contribution in [0.15, 0.2) is 24.3 Å². The van der Waals surface area contributed by atoms with E-state index in [1.807, 2.05) is 23.1 Å². The van der Waals surface area contributed by atoms with Crippen molar-refractivity contribution in [1.29, 1.82) is 0 Å². The van der Waals surface area contributed by atoms with E-state index in [1.165, 1.54) is 19.3 Å². The molecule has 1 heterocycles. The molecule has 1 atom stereocenters. The Hall–Kier alpha value is -1.06. The Bertz CT molecular complexity index is 508. The second-order valence-corrected chi connectivity index (χ2v) is 6.94. The minimum absolute atomic E-state index is 0.0166. The summed E-state index contributed by atoms with van der Waals surface area (Å²) in [7, 11) is 0. The van der Waals surface area contributed by atoms with Gasteiger partial charge in [-0.3, -0.25) is 4.79 Å². The van der Waals surface area contributed by atoms with E-state index in [0.717, 1.165) is 49.6 Å².